The molecular formula is C20H30N4O2. The molecule has 6 heteroatoms. The van der Waals surface area contributed by atoms with Gasteiger partial charge >= 0.3 is 0 Å². The van der Waals surface area contributed by atoms with Crippen LogP contribution < -0.4 is 5.32 Å². The topological polar surface area (TPSA) is 57.7 Å². The van der Waals surface area contributed by atoms with Gasteiger partial charge in [0.25, 0.3) is 0 Å². The van der Waals surface area contributed by atoms with E-state index in [2.05, 4.69) is 20.1 Å². The molecule has 3 atom stereocenters. The van der Waals surface area contributed by atoms with Crippen molar-refractivity contribution in [2.24, 2.45) is 5.92 Å². The van der Waals surface area contributed by atoms with Crippen molar-refractivity contribution >= 4 is 5.91 Å². The second kappa shape index (κ2) is 8.46. The van der Waals surface area contributed by atoms with Gasteiger partial charge in [-0.2, -0.15) is 0 Å². The van der Waals surface area contributed by atoms with Crippen molar-refractivity contribution in [2.45, 2.75) is 44.4 Å². The molecule has 3 saturated heterocycles. The monoisotopic (exact) mass is 358 g/mol. The SMILES string of the molecule is O=C(NCc1ccccn1)[C@@H]1C[C@@H]2CCN(CCN3CCCC3)C[C@@H]2O1. The highest BCUT2D eigenvalue weighted by Gasteiger charge is 2.41. The Morgan fingerprint density at radius 3 is 2.85 bits per heavy atom. The number of hydrogen-bond donors (Lipinski definition) is 1. The number of nitrogens with zero attached hydrogens (tertiary/aromatic N) is 3. The molecule has 0 spiro atoms. The van der Waals surface area contributed by atoms with Crippen LogP contribution in [-0.2, 0) is 16.1 Å². The first-order valence-electron chi connectivity index (χ1n) is 10.1. The van der Waals surface area contributed by atoms with Gasteiger partial charge in [0.1, 0.15) is 6.10 Å². The smallest absolute Gasteiger partial charge is 0.249 e. The molecule has 4 heterocycles. The fraction of sp³-hybridized carbons (Fsp3) is 0.700. The van der Waals surface area contributed by atoms with Crippen molar-refractivity contribution in [3.63, 3.8) is 0 Å². The number of ether oxygens (including phenoxy) is 1. The maximum atomic E-state index is 12.5. The third-order valence-corrected chi connectivity index (χ3v) is 6.03. The van der Waals surface area contributed by atoms with Gasteiger partial charge in [-0.15, -0.1) is 0 Å². The first-order valence-corrected chi connectivity index (χ1v) is 10.1. The molecular weight excluding hydrogens is 328 g/mol. The summed E-state index contributed by atoms with van der Waals surface area (Å²) in [6.45, 7) is 7.40. The molecule has 3 aliphatic heterocycles. The summed E-state index contributed by atoms with van der Waals surface area (Å²) in [6.07, 6.45) is 6.37. The van der Waals surface area contributed by atoms with E-state index in [0.29, 0.717) is 12.5 Å². The van der Waals surface area contributed by atoms with Crippen LogP contribution in [0.15, 0.2) is 24.4 Å². The molecule has 1 aromatic heterocycles. The summed E-state index contributed by atoms with van der Waals surface area (Å²) in [7, 11) is 0. The Morgan fingerprint density at radius 1 is 1.19 bits per heavy atom. The Morgan fingerprint density at radius 2 is 2.04 bits per heavy atom. The van der Waals surface area contributed by atoms with E-state index in [1.165, 1.54) is 32.5 Å². The number of nitrogens with one attached hydrogen (secondary N) is 1. The molecule has 0 saturated carbocycles. The van der Waals surface area contributed by atoms with E-state index < -0.39 is 0 Å². The number of carbonyl (C=O) groups excluding carboxylic acids is 1. The minimum Gasteiger partial charge on any atom is -0.364 e. The van der Waals surface area contributed by atoms with Gasteiger partial charge in [0.15, 0.2) is 0 Å². The lowest BCUT2D eigenvalue weighted by Gasteiger charge is -2.34. The van der Waals surface area contributed by atoms with Gasteiger partial charge in [-0.05, 0) is 63.4 Å². The normalized spacial score (nSPS) is 29.6. The Kier molecular flexibility index (Phi) is 5.82. The van der Waals surface area contributed by atoms with E-state index in [1.54, 1.807) is 6.20 Å². The standard InChI is InChI=1S/C20H30N4O2/c25-20(22-14-17-5-1-2-7-21-17)18-13-16-6-10-24(15-19(16)26-18)12-11-23-8-3-4-9-23/h1-2,5,7,16,18-19H,3-4,6,8-15H2,(H,22,25)/t16-,18-,19-/m0/s1. The Labute approximate surface area is 155 Å². The van der Waals surface area contributed by atoms with Crippen LogP contribution in [0.25, 0.3) is 0 Å². The summed E-state index contributed by atoms with van der Waals surface area (Å²) in [5.74, 6) is 0.539. The molecule has 4 rings (SSSR count). The Hall–Kier alpha value is -1.50. The molecule has 1 N–H and O–H groups in total. The van der Waals surface area contributed by atoms with Crippen LogP contribution in [0.5, 0.6) is 0 Å². The van der Waals surface area contributed by atoms with Crippen LogP contribution in [0, 0.1) is 5.92 Å². The minimum absolute atomic E-state index is 0.00803. The van der Waals surface area contributed by atoms with Gasteiger partial charge in [-0.3, -0.25) is 14.7 Å². The van der Waals surface area contributed by atoms with E-state index in [-0.39, 0.29) is 18.1 Å². The van der Waals surface area contributed by atoms with Gasteiger partial charge in [0, 0.05) is 25.8 Å². The maximum Gasteiger partial charge on any atom is 0.249 e. The number of likely N-dealkylation sites (tertiary alicyclic amines) is 2. The highest BCUT2D eigenvalue weighted by atomic mass is 16.5. The van der Waals surface area contributed by atoms with Crippen molar-refractivity contribution in [2.75, 3.05) is 39.3 Å². The second-order valence-corrected chi connectivity index (χ2v) is 7.84. The van der Waals surface area contributed by atoms with Crippen molar-refractivity contribution in [3.05, 3.63) is 30.1 Å². The molecule has 3 fully saturated rings. The number of amides is 1. The quantitative estimate of drug-likeness (QED) is 0.830. The summed E-state index contributed by atoms with van der Waals surface area (Å²) >= 11 is 0. The van der Waals surface area contributed by atoms with Gasteiger partial charge in [0.05, 0.1) is 18.3 Å². The van der Waals surface area contributed by atoms with Crippen LogP contribution in [-0.4, -0.2) is 72.2 Å². The van der Waals surface area contributed by atoms with Crippen molar-refractivity contribution in [1.82, 2.24) is 20.1 Å². The number of aromatic nitrogens is 1. The zero-order valence-electron chi connectivity index (χ0n) is 15.5. The van der Waals surface area contributed by atoms with E-state index >= 15 is 0 Å². The van der Waals surface area contributed by atoms with E-state index in [0.717, 1.165) is 38.2 Å². The molecule has 1 aromatic rings. The maximum absolute atomic E-state index is 12.5. The van der Waals surface area contributed by atoms with Crippen molar-refractivity contribution in [1.29, 1.82) is 0 Å². The summed E-state index contributed by atoms with van der Waals surface area (Å²) < 4.78 is 6.13. The first-order chi connectivity index (χ1) is 12.8. The lowest BCUT2D eigenvalue weighted by Crippen LogP contribution is -2.45. The zero-order chi connectivity index (χ0) is 17.8. The molecule has 6 nitrogen and oxygen atoms in total. The molecule has 142 valence electrons. The molecule has 0 unspecified atom stereocenters. The highest BCUT2D eigenvalue weighted by molar-refractivity contribution is 5.81. The minimum atomic E-state index is -0.299. The molecule has 3 aliphatic rings. The summed E-state index contributed by atoms with van der Waals surface area (Å²) in [5.41, 5.74) is 0.879. The second-order valence-electron chi connectivity index (χ2n) is 7.84. The van der Waals surface area contributed by atoms with Crippen LogP contribution in [0.1, 0.15) is 31.4 Å². The Bertz CT molecular complexity index is 591. The van der Waals surface area contributed by atoms with E-state index in [1.807, 2.05) is 18.2 Å². The lowest BCUT2D eigenvalue weighted by atomic mass is 9.91. The molecule has 1 amide bonds. The third kappa shape index (κ3) is 4.42. The van der Waals surface area contributed by atoms with Crippen LogP contribution in [0.3, 0.4) is 0 Å². The highest BCUT2D eigenvalue weighted by Crippen LogP contribution is 2.33. The van der Waals surface area contributed by atoms with Crippen LogP contribution >= 0.6 is 0 Å². The van der Waals surface area contributed by atoms with E-state index in [4.69, 9.17) is 4.74 Å². The lowest BCUT2D eigenvalue weighted by molar-refractivity contribution is -0.133. The van der Waals surface area contributed by atoms with Gasteiger partial charge < -0.3 is 15.0 Å². The molecule has 0 aromatic carbocycles. The van der Waals surface area contributed by atoms with Crippen LogP contribution in [0.4, 0.5) is 0 Å². The summed E-state index contributed by atoms with van der Waals surface area (Å²) in [5, 5.41) is 2.98. The Balaban J connectivity index is 1.21. The fourth-order valence-corrected chi connectivity index (χ4v) is 4.45. The van der Waals surface area contributed by atoms with Gasteiger partial charge in [-0.1, -0.05) is 6.07 Å². The molecule has 26 heavy (non-hydrogen) atoms. The average Bonchev–Trinajstić information content (AvgIpc) is 3.34. The van der Waals surface area contributed by atoms with Crippen molar-refractivity contribution < 1.29 is 9.53 Å². The summed E-state index contributed by atoms with van der Waals surface area (Å²) in [4.78, 5) is 21.8. The van der Waals surface area contributed by atoms with Crippen molar-refractivity contribution in [3.8, 4) is 0 Å². The number of pyridine rings is 1. The molecule has 0 radical (unpaired) electrons. The molecule has 0 bridgehead atoms. The van der Waals surface area contributed by atoms with E-state index in [9.17, 15) is 4.79 Å². The van der Waals surface area contributed by atoms with Crippen LogP contribution in [0.2, 0.25) is 0 Å². The predicted octanol–water partition coefficient (Wildman–Crippen LogP) is 1.27. The number of hydrogen-bond acceptors (Lipinski definition) is 5. The number of piperidine rings is 1. The zero-order valence-corrected chi connectivity index (χ0v) is 15.5. The summed E-state index contributed by atoms with van der Waals surface area (Å²) in [6, 6.07) is 5.74. The van der Waals surface area contributed by atoms with Gasteiger partial charge in [-0.25, -0.2) is 0 Å². The largest absolute Gasteiger partial charge is 0.364 e. The third-order valence-electron chi connectivity index (χ3n) is 6.03. The number of carbonyl (C=O) groups is 1. The molecule has 0 aliphatic carbocycles. The predicted molar refractivity (Wildman–Crippen MR) is 99.6 cm³/mol. The number of fused-ring (bicyclic) bond motifs is 1. The number of rotatable bonds is 6. The average molecular weight is 358 g/mol. The van der Waals surface area contributed by atoms with Gasteiger partial charge in [0.2, 0.25) is 5.91 Å². The fourth-order valence-electron chi connectivity index (χ4n) is 4.45. The first kappa shape index (κ1) is 17.9.